The molecule has 1 nitrogen and oxygen atoms in total. The van der Waals surface area contributed by atoms with Crippen LogP contribution < -0.4 is 5.19 Å². The summed E-state index contributed by atoms with van der Waals surface area (Å²) in [6.07, 6.45) is 5.04. The Kier molecular flexibility index (Phi) is 3.98. The minimum atomic E-state index is -0.677. The van der Waals surface area contributed by atoms with Gasteiger partial charge in [-0.25, -0.2) is 0 Å². The molecule has 1 aliphatic rings. The fourth-order valence-corrected chi connectivity index (χ4v) is 4.53. The predicted octanol–water partition coefficient (Wildman–Crippen LogP) is 2.65. The summed E-state index contributed by atoms with van der Waals surface area (Å²) in [5.74, 6) is 0. The first-order valence-electron chi connectivity index (χ1n) is 5.98. The first-order valence-corrected chi connectivity index (χ1v) is 7.60. The van der Waals surface area contributed by atoms with Crippen LogP contribution in [0.1, 0.15) is 31.7 Å². The molecular weight excluding hydrogens is 200 g/mol. The third-order valence-electron chi connectivity index (χ3n) is 2.91. The molecule has 0 unspecified atom stereocenters. The van der Waals surface area contributed by atoms with E-state index >= 15 is 0 Å². The van der Waals surface area contributed by atoms with E-state index in [0.717, 1.165) is 6.61 Å². The molecule has 1 aromatic carbocycles. The Morgan fingerprint density at radius 2 is 2.13 bits per heavy atom. The van der Waals surface area contributed by atoms with Crippen molar-refractivity contribution in [1.82, 2.24) is 0 Å². The number of benzene rings is 1. The van der Waals surface area contributed by atoms with E-state index in [1.807, 2.05) is 0 Å². The number of hydrogen-bond acceptors (Lipinski definition) is 1. The molecule has 0 N–H and O–H groups in total. The van der Waals surface area contributed by atoms with E-state index < -0.39 is 9.04 Å². The molecule has 1 saturated heterocycles. The molecule has 2 rings (SSSR count). The van der Waals surface area contributed by atoms with E-state index in [-0.39, 0.29) is 0 Å². The van der Waals surface area contributed by atoms with Crippen molar-refractivity contribution in [3.8, 4) is 0 Å². The van der Waals surface area contributed by atoms with Crippen molar-refractivity contribution in [2.75, 3.05) is 6.61 Å². The molecule has 0 amide bonds. The predicted molar refractivity (Wildman–Crippen MR) is 65.8 cm³/mol. The average molecular weight is 219 g/mol. The molecule has 1 radical (unpaired) electrons. The van der Waals surface area contributed by atoms with E-state index in [1.54, 1.807) is 0 Å². The topological polar surface area (TPSA) is 9.23 Å². The molecule has 81 valence electrons. The third-order valence-corrected chi connectivity index (χ3v) is 5.36. The van der Waals surface area contributed by atoms with E-state index in [0.29, 0.717) is 0 Å². The van der Waals surface area contributed by atoms with Crippen LogP contribution in [0.2, 0.25) is 6.04 Å². The van der Waals surface area contributed by atoms with Gasteiger partial charge >= 0.3 is 0 Å². The standard InChI is InChI=1S/C13H19OSi/c1-2-7-12-8-3-4-9-13(12)15-11-6-5-10-14-15/h3-4,8-9H,2,5-7,10-11H2,1H3. The summed E-state index contributed by atoms with van der Waals surface area (Å²) in [4.78, 5) is 0. The van der Waals surface area contributed by atoms with Gasteiger partial charge in [0.2, 0.25) is 9.04 Å². The van der Waals surface area contributed by atoms with Crippen LogP contribution in [0.3, 0.4) is 0 Å². The molecule has 0 bridgehead atoms. The zero-order chi connectivity index (χ0) is 10.5. The van der Waals surface area contributed by atoms with Crippen LogP contribution in [-0.4, -0.2) is 15.6 Å². The molecule has 0 aliphatic carbocycles. The summed E-state index contributed by atoms with van der Waals surface area (Å²) in [7, 11) is -0.677. The van der Waals surface area contributed by atoms with Crippen LogP contribution in [0.25, 0.3) is 0 Å². The van der Waals surface area contributed by atoms with Crippen LogP contribution in [0.15, 0.2) is 24.3 Å². The Morgan fingerprint density at radius 3 is 2.87 bits per heavy atom. The number of aryl methyl sites for hydroxylation is 1. The molecule has 1 heterocycles. The van der Waals surface area contributed by atoms with Gasteiger partial charge in [0.05, 0.1) is 0 Å². The van der Waals surface area contributed by atoms with Gasteiger partial charge in [-0.15, -0.1) is 0 Å². The van der Waals surface area contributed by atoms with Crippen LogP contribution in [0.5, 0.6) is 0 Å². The molecule has 0 spiro atoms. The molecule has 1 aliphatic heterocycles. The Morgan fingerprint density at radius 1 is 1.27 bits per heavy atom. The summed E-state index contributed by atoms with van der Waals surface area (Å²) in [5, 5.41) is 1.53. The van der Waals surface area contributed by atoms with Gasteiger partial charge in [0.15, 0.2) is 0 Å². The number of hydrogen-bond donors (Lipinski definition) is 0. The highest BCUT2D eigenvalue weighted by Gasteiger charge is 2.21. The second-order valence-corrected chi connectivity index (χ2v) is 6.31. The highest BCUT2D eigenvalue weighted by atomic mass is 28.3. The van der Waals surface area contributed by atoms with E-state index in [4.69, 9.17) is 4.43 Å². The normalized spacial score (nSPS) is 17.9. The maximum Gasteiger partial charge on any atom is 0.246 e. The van der Waals surface area contributed by atoms with Crippen molar-refractivity contribution in [3.63, 3.8) is 0 Å². The molecular formula is C13H19OSi. The van der Waals surface area contributed by atoms with Gasteiger partial charge in [0.1, 0.15) is 0 Å². The summed E-state index contributed by atoms with van der Waals surface area (Å²) in [6.45, 7) is 3.23. The van der Waals surface area contributed by atoms with E-state index in [1.165, 1.54) is 42.5 Å². The summed E-state index contributed by atoms with van der Waals surface area (Å²) in [6, 6.07) is 10.2. The Labute approximate surface area is 94.2 Å². The molecule has 15 heavy (non-hydrogen) atoms. The zero-order valence-electron chi connectivity index (χ0n) is 9.46. The van der Waals surface area contributed by atoms with Crippen molar-refractivity contribution < 1.29 is 4.43 Å². The Bertz CT molecular complexity index is 305. The monoisotopic (exact) mass is 219 g/mol. The molecule has 1 fully saturated rings. The fraction of sp³-hybridized carbons (Fsp3) is 0.538. The van der Waals surface area contributed by atoms with Crippen molar-refractivity contribution in [3.05, 3.63) is 29.8 Å². The lowest BCUT2D eigenvalue weighted by Crippen LogP contribution is -2.38. The van der Waals surface area contributed by atoms with Crippen LogP contribution >= 0.6 is 0 Å². The largest absolute Gasteiger partial charge is 0.412 e. The zero-order valence-corrected chi connectivity index (χ0v) is 10.5. The highest BCUT2D eigenvalue weighted by Crippen LogP contribution is 2.13. The number of rotatable bonds is 3. The van der Waals surface area contributed by atoms with Crippen molar-refractivity contribution in [2.45, 2.75) is 38.7 Å². The van der Waals surface area contributed by atoms with Crippen LogP contribution in [0, 0.1) is 0 Å². The van der Waals surface area contributed by atoms with E-state index in [9.17, 15) is 0 Å². The van der Waals surface area contributed by atoms with Gasteiger partial charge in [-0.3, -0.25) is 0 Å². The van der Waals surface area contributed by atoms with Crippen LogP contribution in [-0.2, 0) is 10.8 Å². The second-order valence-electron chi connectivity index (χ2n) is 4.14. The van der Waals surface area contributed by atoms with Gasteiger partial charge in [-0.1, -0.05) is 44.0 Å². The SMILES string of the molecule is CCCc1ccccc1[Si]1CCCCO1. The minimum absolute atomic E-state index is 0.677. The summed E-state index contributed by atoms with van der Waals surface area (Å²) < 4.78 is 5.95. The first-order chi connectivity index (χ1) is 7.42. The Balaban J connectivity index is 2.17. The minimum Gasteiger partial charge on any atom is -0.412 e. The molecule has 0 saturated carbocycles. The van der Waals surface area contributed by atoms with Crippen molar-refractivity contribution in [2.24, 2.45) is 0 Å². The van der Waals surface area contributed by atoms with Crippen LogP contribution in [0.4, 0.5) is 0 Å². The summed E-state index contributed by atoms with van der Waals surface area (Å²) >= 11 is 0. The van der Waals surface area contributed by atoms with E-state index in [2.05, 4.69) is 31.2 Å². The lowest BCUT2D eigenvalue weighted by atomic mass is 10.1. The Hall–Kier alpha value is -0.603. The average Bonchev–Trinajstić information content (AvgIpc) is 2.31. The maximum atomic E-state index is 5.95. The lowest BCUT2D eigenvalue weighted by molar-refractivity contribution is 0.294. The summed E-state index contributed by atoms with van der Waals surface area (Å²) in [5.41, 5.74) is 1.52. The fourth-order valence-electron chi connectivity index (χ4n) is 2.15. The highest BCUT2D eigenvalue weighted by molar-refractivity contribution is 6.68. The molecule has 0 atom stereocenters. The molecule has 2 heteroatoms. The van der Waals surface area contributed by atoms with Gasteiger partial charge in [0.25, 0.3) is 0 Å². The van der Waals surface area contributed by atoms with Gasteiger partial charge < -0.3 is 4.43 Å². The quantitative estimate of drug-likeness (QED) is 0.710. The van der Waals surface area contributed by atoms with Crippen molar-refractivity contribution >= 4 is 14.2 Å². The first kappa shape index (κ1) is 10.9. The lowest BCUT2D eigenvalue weighted by Gasteiger charge is -2.22. The van der Waals surface area contributed by atoms with Gasteiger partial charge in [-0.2, -0.15) is 0 Å². The molecule has 0 aromatic heterocycles. The van der Waals surface area contributed by atoms with Crippen molar-refractivity contribution in [1.29, 1.82) is 0 Å². The van der Waals surface area contributed by atoms with Gasteiger partial charge in [0, 0.05) is 6.61 Å². The maximum absolute atomic E-state index is 5.95. The smallest absolute Gasteiger partial charge is 0.246 e. The second kappa shape index (κ2) is 5.47. The van der Waals surface area contributed by atoms with Gasteiger partial charge in [-0.05, 0) is 29.6 Å². The third kappa shape index (κ3) is 2.70. The molecule has 1 aromatic rings.